The molecule has 0 radical (unpaired) electrons. The molecule has 1 aliphatic rings. The van der Waals surface area contributed by atoms with Crippen LogP contribution in [0.25, 0.3) is 0 Å². The molecule has 1 fully saturated rings. The van der Waals surface area contributed by atoms with Gasteiger partial charge < -0.3 is 10.5 Å². The molecule has 1 aromatic carbocycles. The Bertz CT molecular complexity index is 582. The van der Waals surface area contributed by atoms with E-state index < -0.39 is 20.6 Å². The van der Waals surface area contributed by atoms with Crippen LogP contribution in [0.5, 0.6) is 0 Å². The molecule has 5 heteroatoms. The van der Waals surface area contributed by atoms with Crippen LogP contribution in [-0.2, 0) is 21.0 Å². The topological polar surface area (TPSA) is 69.4 Å². The summed E-state index contributed by atoms with van der Waals surface area (Å²) in [7, 11) is -3.18. The largest absolute Gasteiger partial charge is 0.380 e. The maximum absolute atomic E-state index is 12.3. The normalized spacial score (nSPS) is 28.6. The molecule has 0 spiro atoms. The molecule has 0 amide bonds. The van der Waals surface area contributed by atoms with Gasteiger partial charge in [0.15, 0.2) is 9.84 Å². The first kappa shape index (κ1) is 16.5. The highest BCUT2D eigenvalue weighted by molar-refractivity contribution is 7.92. The number of ether oxygens (including phenoxy) is 1. The number of aryl methyl sites for hydroxylation is 1. The van der Waals surface area contributed by atoms with Crippen LogP contribution in [-0.4, -0.2) is 38.2 Å². The Morgan fingerprint density at radius 1 is 1.19 bits per heavy atom. The Kier molecular flexibility index (Phi) is 4.76. The van der Waals surface area contributed by atoms with Gasteiger partial charge in [0.1, 0.15) is 0 Å². The van der Waals surface area contributed by atoms with Gasteiger partial charge in [0.2, 0.25) is 0 Å². The first-order chi connectivity index (χ1) is 9.90. The second kappa shape index (κ2) is 6.07. The highest BCUT2D eigenvalue weighted by atomic mass is 32.2. The number of benzene rings is 1. The average molecular weight is 311 g/mol. The smallest absolute Gasteiger partial charge is 0.155 e. The van der Waals surface area contributed by atoms with Crippen molar-refractivity contribution >= 4 is 9.84 Å². The van der Waals surface area contributed by atoms with Crippen molar-refractivity contribution in [1.82, 2.24) is 0 Å². The van der Waals surface area contributed by atoms with Crippen LogP contribution in [0.2, 0.25) is 0 Å². The minimum absolute atomic E-state index is 0.117. The summed E-state index contributed by atoms with van der Waals surface area (Å²) in [6.07, 6.45) is 0.967. The van der Waals surface area contributed by atoms with Crippen LogP contribution in [0.15, 0.2) is 24.3 Å². The standard InChI is InChI=1S/C16H25NO3S/c1-4-12-7-9-13(10-8-12)14-15(21(18,19)6-3)16(14,17)11-20-5-2/h7-10,14-15H,4-6,11,17H2,1-3H3/t14-,15-,16+/m0/s1. The molecule has 1 aromatic rings. The quantitative estimate of drug-likeness (QED) is 0.835. The zero-order valence-corrected chi connectivity index (χ0v) is 13.8. The van der Waals surface area contributed by atoms with E-state index in [4.69, 9.17) is 10.5 Å². The predicted octanol–water partition coefficient (Wildman–Crippen LogP) is 1.88. The summed E-state index contributed by atoms with van der Waals surface area (Å²) >= 11 is 0. The third kappa shape index (κ3) is 3.00. The lowest BCUT2D eigenvalue weighted by Gasteiger charge is -2.12. The number of hydrogen-bond donors (Lipinski definition) is 1. The van der Waals surface area contributed by atoms with Gasteiger partial charge in [-0.25, -0.2) is 8.42 Å². The minimum atomic E-state index is -3.18. The molecule has 0 aliphatic heterocycles. The molecule has 3 atom stereocenters. The van der Waals surface area contributed by atoms with Gasteiger partial charge in [-0.05, 0) is 24.5 Å². The van der Waals surface area contributed by atoms with Crippen molar-refractivity contribution in [1.29, 1.82) is 0 Å². The SMILES string of the molecule is CCOC[C@@]1(N)[C@@H](c2ccc(CC)cc2)[C@@H]1S(=O)(=O)CC. The molecule has 2 N–H and O–H groups in total. The van der Waals surface area contributed by atoms with E-state index in [1.165, 1.54) is 5.56 Å². The van der Waals surface area contributed by atoms with Crippen LogP contribution in [0, 0.1) is 0 Å². The van der Waals surface area contributed by atoms with Gasteiger partial charge >= 0.3 is 0 Å². The summed E-state index contributed by atoms with van der Waals surface area (Å²) in [4.78, 5) is 0. The second-order valence-electron chi connectivity index (χ2n) is 5.69. The van der Waals surface area contributed by atoms with Gasteiger partial charge in [-0.2, -0.15) is 0 Å². The fourth-order valence-electron chi connectivity index (χ4n) is 3.04. The van der Waals surface area contributed by atoms with Crippen LogP contribution in [0.4, 0.5) is 0 Å². The Labute approximate surface area is 127 Å². The number of nitrogens with two attached hydrogens (primary N) is 1. The molecule has 0 bridgehead atoms. The van der Waals surface area contributed by atoms with E-state index in [0.717, 1.165) is 12.0 Å². The molecule has 0 aromatic heterocycles. The Balaban J connectivity index is 2.30. The van der Waals surface area contributed by atoms with E-state index >= 15 is 0 Å². The number of rotatable bonds is 7. The lowest BCUT2D eigenvalue weighted by Crippen LogP contribution is -2.36. The van der Waals surface area contributed by atoms with Gasteiger partial charge in [0.05, 0.1) is 17.4 Å². The molecular weight excluding hydrogens is 286 g/mol. The Morgan fingerprint density at radius 3 is 2.29 bits per heavy atom. The summed E-state index contributed by atoms with van der Waals surface area (Å²) in [5.41, 5.74) is 7.82. The maximum atomic E-state index is 12.3. The van der Waals surface area contributed by atoms with Crippen molar-refractivity contribution in [3.05, 3.63) is 35.4 Å². The molecule has 4 nitrogen and oxygen atoms in total. The van der Waals surface area contributed by atoms with Crippen molar-refractivity contribution in [2.75, 3.05) is 19.0 Å². The van der Waals surface area contributed by atoms with E-state index in [1.807, 2.05) is 31.2 Å². The van der Waals surface area contributed by atoms with E-state index in [9.17, 15) is 8.42 Å². The molecule has 118 valence electrons. The van der Waals surface area contributed by atoms with Crippen molar-refractivity contribution in [3.63, 3.8) is 0 Å². The molecular formula is C16H25NO3S. The van der Waals surface area contributed by atoms with Gasteiger partial charge in [-0.3, -0.25) is 0 Å². The third-order valence-electron chi connectivity index (χ3n) is 4.39. The van der Waals surface area contributed by atoms with E-state index in [1.54, 1.807) is 6.92 Å². The van der Waals surface area contributed by atoms with Crippen LogP contribution in [0.3, 0.4) is 0 Å². The fourth-order valence-corrected chi connectivity index (χ4v) is 5.03. The summed E-state index contributed by atoms with van der Waals surface area (Å²) < 4.78 is 30.1. The summed E-state index contributed by atoms with van der Waals surface area (Å²) in [6.45, 7) is 6.48. The predicted molar refractivity (Wildman–Crippen MR) is 85.2 cm³/mol. The fraction of sp³-hybridized carbons (Fsp3) is 0.625. The minimum Gasteiger partial charge on any atom is -0.380 e. The first-order valence-corrected chi connectivity index (χ1v) is 9.29. The summed E-state index contributed by atoms with van der Waals surface area (Å²) in [6, 6.07) is 8.10. The number of sulfone groups is 1. The lowest BCUT2D eigenvalue weighted by atomic mass is 10.0. The maximum Gasteiger partial charge on any atom is 0.155 e. The third-order valence-corrected chi connectivity index (χ3v) is 6.68. The van der Waals surface area contributed by atoms with Gasteiger partial charge in [-0.1, -0.05) is 38.1 Å². The second-order valence-corrected chi connectivity index (χ2v) is 8.11. The highest BCUT2D eigenvalue weighted by Gasteiger charge is 2.68. The summed E-state index contributed by atoms with van der Waals surface area (Å²) in [5.74, 6) is -0.0494. The Hall–Kier alpha value is -0.910. The molecule has 1 aliphatic carbocycles. The Morgan fingerprint density at radius 2 is 1.81 bits per heavy atom. The average Bonchev–Trinajstić information content (AvgIpc) is 3.12. The van der Waals surface area contributed by atoms with Crippen LogP contribution < -0.4 is 5.73 Å². The van der Waals surface area contributed by atoms with E-state index in [-0.39, 0.29) is 18.3 Å². The zero-order chi connectivity index (χ0) is 15.7. The van der Waals surface area contributed by atoms with Crippen molar-refractivity contribution in [2.24, 2.45) is 5.73 Å². The van der Waals surface area contributed by atoms with Crippen molar-refractivity contribution in [2.45, 2.75) is 43.9 Å². The van der Waals surface area contributed by atoms with Crippen molar-refractivity contribution in [3.8, 4) is 0 Å². The lowest BCUT2D eigenvalue weighted by molar-refractivity contribution is 0.125. The number of hydrogen-bond acceptors (Lipinski definition) is 4. The molecule has 2 rings (SSSR count). The van der Waals surface area contributed by atoms with Gasteiger partial charge in [0.25, 0.3) is 0 Å². The summed E-state index contributed by atoms with van der Waals surface area (Å²) in [5, 5.41) is -0.533. The van der Waals surface area contributed by atoms with Crippen molar-refractivity contribution < 1.29 is 13.2 Å². The molecule has 21 heavy (non-hydrogen) atoms. The van der Waals surface area contributed by atoms with Crippen LogP contribution >= 0.6 is 0 Å². The van der Waals surface area contributed by atoms with E-state index in [0.29, 0.717) is 6.61 Å². The van der Waals surface area contributed by atoms with E-state index in [2.05, 4.69) is 6.92 Å². The van der Waals surface area contributed by atoms with Gasteiger partial charge in [0, 0.05) is 18.3 Å². The van der Waals surface area contributed by atoms with Crippen LogP contribution in [0.1, 0.15) is 37.8 Å². The zero-order valence-electron chi connectivity index (χ0n) is 13.0. The molecule has 0 heterocycles. The highest BCUT2D eigenvalue weighted by Crippen LogP contribution is 2.54. The molecule has 0 saturated heterocycles. The molecule has 1 saturated carbocycles. The van der Waals surface area contributed by atoms with Gasteiger partial charge in [-0.15, -0.1) is 0 Å². The first-order valence-electron chi connectivity index (χ1n) is 7.57. The monoisotopic (exact) mass is 311 g/mol. The molecule has 0 unspecified atom stereocenters.